The average Bonchev–Trinajstić information content (AvgIpc) is 2.77. The molecule has 118 valence electrons. The first-order valence-electron chi connectivity index (χ1n) is 7.46. The number of ether oxygens (including phenoxy) is 1. The summed E-state index contributed by atoms with van der Waals surface area (Å²) in [6.07, 6.45) is 0.496. The van der Waals surface area contributed by atoms with Gasteiger partial charge in [0, 0.05) is 36.4 Å². The Bertz CT molecular complexity index is 477. The van der Waals surface area contributed by atoms with Crippen molar-refractivity contribution in [1.29, 1.82) is 0 Å². The molecular weight excluding hydrogens is 266 g/mol. The van der Waals surface area contributed by atoms with Crippen LogP contribution in [0.2, 0.25) is 0 Å². The van der Waals surface area contributed by atoms with Gasteiger partial charge in [-0.05, 0) is 39.6 Å². The van der Waals surface area contributed by atoms with E-state index < -0.39 is 0 Å². The van der Waals surface area contributed by atoms with Crippen LogP contribution in [0.4, 0.5) is 5.69 Å². The Morgan fingerprint density at radius 3 is 2.76 bits per heavy atom. The van der Waals surface area contributed by atoms with E-state index >= 15 is 0 Å². The van der Waals surface area contributed by atoms with Crippen LogP contribution in [0.15, 0.2) is 18.2 Å². The highest BCUT2D eigenvalue weighted by Gasteiger charge is 2.33. The van der Waals surface area contributed by atoms with Gasteiger partial charge in [0.15, 0.2) is 0 Å². The minimum Gasteiger partial charge on any atom is -0.496 e. The molecule has 1 heterocycles. The first-order chi connectivity index (χ1) is 9.93. The van der Waals surface area contributed by atoms with Gasteiger partial charge in [-0.1, -0.05) is 6.07 Å². The highest BCUT2D eigenvalue weighted by Crippen LogP contribution is 2.37. The largest absolute Gasteiger partial charge is 0.496 e. The molecule has 0 saturated carbocycles. The molecule has 2 unspecified atom stereocenters. The summed E-state index contributed by atoms with van der Waals surface area (Å²) < 4.78 is 5.47. The molecule has 1 aliphatic rings. The van der Waals surface area contributed by atoms with Crippen LogP contribution in [0.3, 0.4) is 0 Å². The monoisotopic (exact) mass is 293 g/mol. The van der Waals surface area contributed by atoms with Crippen LogP contribution in [0.5, 0.6) is 5.75 Å². The van der Waals surface area contributed by atoms with E-state index in [1.807, 2.05) is 19.1 Å². The topological polar surface area (TPSA) is 62.0 Å². The Morgan fingerprint density at radius 1 is 1.48 bits per heavy atom. The Balaban J connectivity index is 2.39. The molecule has 1 saturated heterocycles. The molecule has 1 aliphatic heterocycles. The van der Waals surface area contributed by atoms with E-state index in [1.165, 1.54) is 0 Å². The summed E-state index contributed by atoms with van der Waals surface area (Å²) in [7, 11) is 5.78. The number of methoxy groups -OCH3 is 1. The van der Waals surface area contributed by atoms with Crippen LogP contribution in [0.1, 0.15) is 24.9 Å². The van der Waals surface area contributed by atoms with Crippen molar-refractivity contribution in [1.82, 2.24) is 4.90 Å². The van der Waals surface area contributed by atoms with Crippen LogP contribution >= 0.6 is 0 Å². The lowest BCUT2D eigenvalue weighted by Gasteiger charge is -2.31. The number of β-amino-alcohol motifs (C(OH)–C–C–N with tert-alkyl or cyclic N) is 1. The molecule has 3 atom stereocenters. The zero-order valence-corrected chi connectivity index (χ0v) is 13.4. The van der Waals surface area contributed by atoms with Gasteiger partial charge >= 0.3 is 0 Å². The summed E-state index contributed by atoms with van der Waals surface area (Å²) in [5.74, 6) is 0.812. The molecule has 21 heavy (non-hydrogen) atoms. The third kappa shape index (κ3) is 3.48. The second kappa shape index (κ2) is 6.64. The van der Waals surface area contributed by atoms with Gasteiger partial charge in [-0.15, -0.1) is 0 Å². The van der Waals surface area contributed by atoms with Crippen LogP contribution in [-0.4, -0.2) is 56.4 Å². The molecule has 0 aromatic heterocycles. The van der Waals surface area contributed by atoms with Crippen LogP contribution in [-0.2, 0) is 0 Å². The Hall–Kier alpha value is -1.30. The molecule has 2 rings (SSSR count). The lowest BCUT2D eigenvalue weighted by atomic mass is 10.0. The van der Waals surface area contributed by atoms with Crippen molar-refractivity contribution < 1.29 is 9.84 Å². The summed E-state index contributed by atoms with van der Waals surface area (Å²) >= 11 is 0. The Morgan fingerprint density at radius 2 is 2.19 bits per heavy atom. The summed E-state index contributed by atoms with van der Waals surface area (Å²) in [5.41, 5.74) is 8.25. The summed E-state index contributed by atoms with van der Waals surface area (Å²) in [5, 5.41) is 10.1. The van der Waals surface area contributed by atoms with Crippen molar-refractivity contribution in [2.45, 2.75) is 31.5 Å². The van der Waals surface area contributed by atoms with E-state index in [0.717, 1.165) is 30.0 Å². The minimum absolute atomic E-state index is 0.117. The molecule has 1 aromatic rings. The van der Waals surface area contributed by atoms with Crippen molar-refractivity contribution in [2.75, 3.05) is 39.2 Å². The number of likely N-dealkylation sites (N-methyl/N-ethyl adjacent to an activating group) is 1. The van der Waals surface area contributed by atoms with Gasteiger partial charge in [-0.2, -0.15) is 0 Å². The van der Waals surface area contributed by atoms with Gasteiger partial charge in [0.2, 0.25) is 0 Å². The SMILES string of the molecule is COc1cccc(N2CC(O)CC2CN(C)C)c1[C@H](C)N. The molecule has 5 nitrogen and oxygen atoms in total. The fraction of sp³-hybridized carbons (Fsp3) is 0.625. The number of hydrogen-bond acceptors (Lipinski definition) is 5. The number of aliphatic hydroxyl groups excluding tert-OH is 1. The van der Waals surface area contributed by atoms with E-state index in [1.54, 1.807) is 7.11 Å². The van der Waals surface area contributed by atoms with E-state index in [-0.39, 0.29) is 12.1 Å². The van der Waals surface area contributed by atoms with E-state index in [9.17, 15) is 5.11 Å². The van der Waals surface area contributed by atoms with E-state index in [4.69, 9.17) is 10.5 Å². The lowest BCUT2D eigenvalue weighted by molar-refractivity contribution is 0.191. The average molecular weight is 293 g/mol. The van der Waals surface area contributed by atoms with Crippen LogP contribution in [0.25, 0.3) is 0 Å². The fourth-order valence-electron chi connectivity index (χ4n) is 3.20. The zero-order valence-electron chi connectivity index (χ0n) is 13.4. The minimum atomic E-state index is -0.290. The summed E-state index contributed by atoms with van der Waals surface area (Å²) in [4.78, 5) is 4.42. The number of nitrogens with zero attached hydrogens (tertiary/aromatic N) is 2. The first-order valence-corrected chi connectivity index (χ1v) is 7.46. The van der Waals surface area contributed by atoms with Gasteiger partial charge in [0.25, 0.3) is 0 Å². The van der Waals surface area contributed by atoms with Gasteiger partial charge < -0.3 is 25.4 Å². The fourth-order valence-corrected chi connectivity index (χ4v) is 3.20. The van der Waals surface area contributed by atoms with Gasteiger partial charge in [-0.3, -0.25) is 0 Å². The predicted octanol–water partition coefficient (Wildman–Crippen LogP) is 1.22. The van der Waals surface area contributed by atoms with Crippen molar-refractivity contribution >= 4 is 5.69 Å². The molecule has 5 heteroatoms. The number of aliphatic hydroxyl groups is 1. The second-order valence-corrected chi connectivity index (χ2v) is 6.14. The normalized spacial score (nSPS) is 23.7. The molecular formula is C16H27N3O2. The van der Waals surface area contributed by atoms with Crippen molar-refractivity contribution in [3.8, 4) is 5.75 Å². The number of benzene rings is 1. The molecule has 0 radical (unpaired) electrons. The van der Waals surface area contributed by atoms with Crippen molar-refractivity contribution in [3.63, 3.8) is 0 Å². The maximum atomic E-state index is 10.1. The second-order valence-electron chi connectivity index (χ2n) is 6.14. The molecule has 1 fully saturated rings. The zero-order chi connectivity index (χ0) is 15.6. The van der Waals surface area contributed by atoms with Crippen molar-refractivity contribution in [3.05, 3.63) is 23.8 Å². The molecule has 0 spiro atoms. The first kappa shape index (κ1) is 16.1. The van der Waals surface area contributed by atoms with E-state index in [0.29, 0.717) is 12.6 Å². The smallest absolute Gasteiger partial charge is 0.125 e. The predicted molar refractivity (Wildman–Crippen MR) is 85.9 cm³/mol. The standard InChI is InChI=1S/C16H27N3O2/c1-11(17)16-14(6-5-7-15(16)21-4)19-10-13(20)8-12(19)9-18(2)3/h5-7,11-13,20H,8-10,17H2,1-4H3/t11-,12?,13?/m0/s1. The molecule has 0 bridgehead atoms. The molecule has 1 aromatic carbocycles. The van der Waals surface area contributed by atoms with Gasteiger partial charge in [0.05, 0.1) is 13.2 Å². The Kier molecular flexibility index (Phi) is 5.08. The summed E-state index contributed by atoms with van der Waals surface area (Å²) in [6, 6.07) is 6.17. The number of anilines is 1. The number of rotatable bonds is 5. The van der Waals surface area contributed by atoms with E-state index in [2.05, 4.69) is 30.0 Å². The van der Waals surface area contributed by atoms with Crippen molar-refractivity contribution in [2.24, 2.45) is 5.73 Å². The molecule has 0 amide bonds. The number of hydrogen-bond donors (Lipinski definition) is 2. The van der Waals surface area contributed by atoms with Crippen LogP contribution in [0, 0.1) is 0 Å². The third-order valence-corrected chi connectivity index (χ3v) is 4.00. The number of nitrogens with two attached hydrogens (primary N) is 1. The third-order valence-electron chi connectivity index (χ3n) is 4.00. The van der Waals surface area contributed by atoms with Gasteiger partial charge in [0.1, 0.15) is 5.75 Å². The van der Waals surface area contributed by atoms with Crippen LogP contribution < -0.4 is 15.4 Å². The Labute approximate surface area is 127 Å². The van der Waals surface area contributed by atoms with Gasteiger partial charge in [-0.25, -0.2) is 0 Å². The molecule has 3 N–H and O–H groups in total. The maximum absolute atomic E-state index is 10.1. The highest BCUT2D eigenvalue weighted by atomic mass is 16.5. The maximum Gasteiger partial charge on any atom is 0.125 e. The molecule has 0 aliphatic carbocycles. The lowest BCUT2D eigenvalue weighted by Crippen LogP contribution is -2.38. The summed E-state index contributed by atoms with van der Waals surface area (Å²) in [6.45, 7) is 3.52. The quantitative estimate of drug-likeness (QED) is 0.854. The highest BCUT2D eigenvalue weighted by molar-refractivity contribution is 5.62.